The first kappa shape index (κ1) is 12.7. The summed E-state index contributed by atoms with van der Waals surface area (Å²) in [6.45, 7) is 1.98. The second-order valence-electron chi connectivity index (χ2n) is 3.55. The van der Waals surface area contributed by atoms with Crippen LogP contribution >= 0.6 is 10.7 Å². The fraction of sp³-hybridized carbons (Fsp3) is 0.600. The first-order valence-corrected chi connectivity index (χ1v) is 7.18. The minimum Gasteiger partial charge on any atom is -0.372 e. The van der Waals surface area contributed by atoms with Crippen LogP contribution in [0.1, 0.15) is 19.8 Å². The van der Waals surface area contributed by atoms with E-state index in [9.17, 15) is 8.42 Å². The van der Waals surface area contributed by atoms with Crippen LogP contribution in [0.25, 0.3) is 0 Å². The molecule has 2 atom stereocenters. The van der Waals surface area contributed by atoms with Crippen LogP contribution in [0.2, 0.25) is 0 Å². The van der Waals surface area contributed by atoms with Gasteiger partial charge in [0.25, 0.3) is 0 Å². The van der Waals surface area contributed by atoms with Crippen molar-refractivity contribution in [2.24, 2.45) is 0 Å². The summed E-state index contributed by atoms with van der Waals surface area (Å²) in [6, 6.07) is 0. The van der Waals surface area contributed by atoms with E-state index < -0.39 is 19.9 Å². The second-order valence-corrected chi connectivity index (χ2v) is 6.30. The van der Waals surface area contributed by atoms with Gasteiger partial charge in [-0.15, -0.1) is 0 Å². The van der Waals surface area contributed by atoms with Crippen LogP contribution in [0.3, 0.4) is 0 Å². The summed E-state index contributed by atoms with van der Waals surface area (Å²) < 4.78 is 28.2. The van der Waals surface area contributed by atoms with E-state index in [1.54, 1.807) is 24.3 Å². The summed E-state index contributed by atoms with van der Waals surface area (Å²) in [6.07, 6.45) is 8.26. The van der Waals surface area contributed by atoms with E-state index in [0.29, 0.717) is 6.42 Å². The van der Waals surface area contributed by atoms with Crippen LogP contribution in [-0.2, 0) is 13.8 Å². The van der Waals surface area contributed by atoms with Gasteiger partial charge in [0.15, 0.2) is 0 Å². The van der Waals surface area contributed by atoms with Crippen LogP contribution in [0.15, 0.2) is 24.3 Å². The molecule has 0 fully saturated rings. The molecule has 0 heterocycles. The van der Waals surface area contributed by atoms with Crippen molar-refractivity contribution in [3.05, 3.63) is 24.3 Å². The Kier molecular flexibility index (Phi) is 3.98. The Morgan fingerprint density at radius 3 is 2.60 bits per heavy atom. The maximum Gasteiger partial charge on any atom is 0.242 e. The molecule has 0 saturated carbocycles. The molecule has 0 aromatic carbocycles. The minimum atomic E-state index is -3.66. The maximum absolute atomic E-state index is 11.4. The fourth-order valence-electron chi connectivity index (χ4n) is 1.88. The highest BCUT2D eigenvalue weighted by Crippen LogP contribution is 2.33. The molecule has 0 spiro atoms. The molecule has 1 rings (SSSR count). The first-order valence-electron chi connectivity index (χ1n) is 4.81. The third-order valence-electron chi connectivity index (χ3n) is 2.58. The van der Waals surface area contributed by atoms with Crippen LogP contribution in [0.5, 0.6) is 0 Å². The predicted octanol–water partition coefficient (Wildman–Crippen LogP) is 2.23. The zero-order valence-electron chi connectivity index (χ0n) is 8.81. The molecule has 5 heteroatoms. The van der Waals surface area contributed by atoms with Crippen molar-refractivity contribution in [2.75, 3.05) is 7.11 Å². The van der Waals surface area contributed by atoms with Crippen molar-refractivity contribution in [1.82, 2.24) is 0 Å². The van der Waals surface area contributed by atoms with E-state index in [4.69, 9.17) is 15.4 Å². The average Bonchev–Trinajstić information content (AvgIpc) is 2.17. The predicted molar refractivity (Wildman–Crippen MR) is 61.5 cm³/mol. The summed E-state index contributed by atoms with van der Waals surface area (Å²) in [4.78, 5) is 0. The number of ether oxygens (including phenoxy) is 1. The lowest BCUT2D eigenvalue weighted by Crippen LogP contribution is -2.45. The summed E-state index contributed by atoms with van der Waals surface area (Å²) in [5.74, 6) is 0. The van der Waals surface area contributed by atoms with Gasteiger partial charge in [0.05, 0.1) is 0 Å². The SMILES string of the molecule is CCCC1(OC)C=CC=CC1S(=O)(=O)Cl. The molecular weight excluding hydrogens is 236 g/mol. The Morgan fingerprint density at radius 1 is 1.47 bits per heavy atom. The van der Waals surface area contributed by atoms with Gasteiger partial charge < -0.3 is 4.74 Å². The van der Waals surface area contributed by atoms with Gasteiger partial charge in [-0.1, -0.05) is 37.6 Å². The zero-order chi connectivity index (χ0) is 11.5. The van der Waals surface area contributed by atoms with Crippen molar-refractivity contribution in [3.8, 4) is 0 Å². The topological polar surface area (TPSA) is 43.4 Å². The van der Waals surface area contributed by atoms with Gasteiger partial charge in [0.2, 0.25) is 9.05 Å². The van der Waals surface area contributed by atoms with Gasteiger partial charge in [-0.25, -0.2) is 8.42 Å². The van der Waals surface area contributed by atoms with Crippen molar-refractivity contribution >= 4 is 19.7 Å². The van der Waals surface area contributed by atoms with E-state index in [1.165, 1.54) is 7.11 Å². The fourth-order valence-corrected chi connectivity index (χ4v) is 3.55. The second kappa shape index (κ2) is 4.68. The summed E-state index contributed by atoms with van der Waals surface area (Å²) in [7, 11) is 3.27. The molecule has 1 aliphatic rings. The number of rotatable bonds is 4. The molecule has 0 amide bonds. The lowest BCUT2D eigenvalue weighted by atomic mass is 9.90. The molecule has 0 saturated heterocycles. The van der Waals surface area contributed by atoms with E-state index in [1.807, 2.05) is 6.92 Å². The van der Waals surface area contributed by atoms with Crippen molar-refractivity contribution < 1.29 is 13.2 Å². The molecule has 15 heavy (non-hydrogen) atoms. The van der Waals surface area contributed by atoms with Crippen LogP contribution < -0.4 is 0 Å². The van der Waals surface area contributed by atoms with Crippen LogP contribution in [-0.4, -0.2) is 26.4 Å². The first-order chi connectivity index (χ1) is 6.96. The Labute approximate surface area is 95.2 Å². The Hall–Kier alpha value is -0.320. The van der Waals surface area contributed by atoms with Crippen molar-refractivity contribution in [1.29, 1.82) is 0 Å². The molecular formula is C10H15ClO3S. The molecule has 0 radical (unpaired) electrons. The highest BCUT2D eigenvalue weighted by molar-refractivity contribution is 8.14. The number of methoxy groups -OCH3 is 1. The molecule has 0 aromatic rings. The van der Waals surface area contributed by atoms with Gasteiger partial charge >= 0.3 is 0 Å². The highest BCUT2D eigenvalue weighted by Gasteiger charge is 2.43. The lowest BCUT2D eigenvalue weighted by Gasteiger charge is -2.35. The average molecular weight is 251 g/mol. The molecule has 0 N–H and O–H groups in total. The summed E-state index contributed by atoms with van der Waals surface area (Å²) >= 11 is 0. The van der Waals surface area contributed by atoms with Crippen molar-refractivity contribution in [2.45, 2.75) is 30.6 Å². The van der Waals surface area contributed by atoms with E-state index in [-0.39, 0.29) is 0 Å². The molecule has 1 aliphatic carbocycles. The standard InChI is InChI=1S/C10H15ClO3S/c1-3-7-10(14-2)8-5-4-6-9(10)15(11,12)13/h4-6,8-9H,3,7H2,1-2H3. The van der Waals surface area contributed by atoms with Crippen molar-refractivity contribution in [3.63, 3.8) is 0 Å². The molecule has 0 aromatic heterocycles. The monoisotopic (exact) mass is 250 g/mol. The van der Waals surface area contributed by atoms with E-state index in [2.05, 4.69) is 0 Å². The summed E-state index contributed by atoms with van der Waals surface area (Å²) in [5, 5.41) is -0.804. The van der Waals surface area contributed by atoms with Gasteiger partial charge in [-0.05, 0) is 6.42 Å². The van der Waals surface area contributed by atoms with Crippen LogP contribution in [0.4, 0.5) is 0 Å². The van der Waals surface area contributed by atoms with Gasteiger partial charge in [0.1, 0.15) is 10.9 Å². The smallest absolute Gasteiger partial charge is 0.242 e. The number of allylic oxidation sites excluding steroid dienone is 2. The highest BCUT2D eigenvalue weighted by atomic mass is 35.7. The quantitative estimate of drug-likeness (QED) is 0.719. The number of hydrogen-bond donors (Lipinski definition) is 0. The zero-order valence-corrected chi connectivity index (χ0v) is 10.4. The Balaban J connectivity index is 3.12. The maximum atomic E-state index is 11.4. The minimum absolute atomic E-state index is 0.626. The molecule has 0 bridgehead atoms. The lowest BCUT2D eigenvalue weighted by molar-refractivity contribution is 0.0289. The summed E-state index contributed by atoms with van der Waals surface area (Å²) in [5.41, 5.74) is -0.815. The third-order valence-corrected chi connectivity index (χ3v) is 4.32. The number of halogens is 1. The third kappa shape index (κ3) is 2.62. The Bertz CT molecular complexity index is 372. The Morgan fingerprint density at radius 2 is 2.13 bits per heavy atom. The van der Waals surface area contributed by atoms with Gasteiger partial charge in [-0.3, -0.25) is 0 Å². The molecule has 2 unspecified atom stereocenters. The largest absolute Gasteiger partial charge is 0.372 e. The molecule has 0 aliphatic heterocycles. The van der Waals surface area contributed by atoms with Gasteiger partial charge in [-0.2, -0.15) is 0 Å². The van der Waals surface area contributed by atoms with E-state index in [0.717, 1.165) is 6.42 Å². The molecule has 3 nitrogen and oxygen atoms in total. The molecule has 86 valence electrons. The normalized spacial score (nSPS) is 30.7. The van der Waals surface area contributed by atoms with Gasteiger partial charge in [0, 0.05) is 17.8 Å². The van der Waals surface area contributed by atoms with Crippen LogP contribution in [0, 0.1) is 0 Å². The van der Waals surface area contributed by atoms with E-state index >= 15 is 0 Å². The number of hydrogen-bond acceptors (Lipinski definition) is 3.